The molecule has 0 aliphatic heterocycles. The highest BCUT2D eigenvalue weighted by Crippen LogP contribution is 2.03. The van der Waals surface area contributed by atoms with E-state index in [0.29, 0.717) is 0 Å². The van der Waals surface area contributed by atoms with Gasteiger partial charge in [0.05, 0.1) is 0 Å². The fourth-order valence-corrected chi connectivity index (χ4v) is 1.11. The first-order valence-corrected chi connectivity index (χ1v) is 4.18. The van der Waals surface area contributed by atoms with Gasteiger partial charge in [-0.2, -0.15) is 0 Å². The Kier molecular flexibility index (Phi) is 2.23. The summed E-state index contributed by atoms with van der Waals surface area (Å²) in [4.78, 5) is 7.10. The van der Waals surface area contributed by atoms with E-state index in [1.54, 1.807) is 6.20 Å². The maximum Gasteiger partial charge on any atom is 0.129 e. The van der Waals surface area contributed by atoms with Crippen LogP contribution in [0.25, 0.3) is 12.2 Å². The molecule has 13 heavy (non-hydrogen) atoms. The summed E-state index contributed by atoms with van der Waals surface area (Å²) in [6.07, 6.45) is 7.53. The lowest BCUT2D eigenvalue weighted by molar-refractivity contribution is 1.27. The summed E-state index contributed by atoms with van der Waals surface area (Å²) >= 11 is 0. The van der Waals surface area contributed by atoms with Crippen LogP contribution < -0.4 is 0 Å². The van der Waals surface area contributed by atoms with Crippen molar-refractivity contribution in [3.8, 4) is 0 Å². The zero-order valence-corrected chi connectivity index (χ0v) is 7.14. The number of benzene rings is 1. The Morgan fingerprint density at radius 3 is 2.62 bits per heavy atom. The molecule has 1 heterocycles. The zero-order valence-electron chi connectivity index (χ0n) is 7.14. The monoisotopic (exact) mass is 170 g/mol. The lowest BCUT2D eigenvalue weighted by atomic mass is 10.2. The van der Waals surface area contributed by atoms with Crippen molar-refractivity contribution in [1.82, 2.24) is 9.97 Å². The van der Waals surface area contributed by atoms with Crippen LogP contribution in [0.2, 0.25) is 0 Å². The second-order valence-corrected chi connectivity index (χ2v) is 2.72. The van der Waals surface area contributed by atoms with Gasteiger partial charge in [-0.25, -0.2) is 4.98 Å². The maximum atomic E-state index is 4.09. The minimum atomic E-state index is 0.879. The average molecular weight is 170 g/mol. The Labute approximate surface area is 77.0 Å². The number of rotatable bonds is 2. The molecule has 64 valence electrons. The predicted molar refractivity (Wildman–Crippen MR) is 54.0 cm³/mol. The highest BCUT2D eigenvalue weighted by molar-refractivity contribution is 5.66. The number of hydrogen-bond donors (Lipinski definition) is 1. The van der Waals surface area contributed by atoms with E-state index in [0.717, 1.165) is 5.82 Å². The van der Waals surface area contributed by atoms with E-state index in [1.165, 1.54) is 5.56 Å². The fraction of sp³-hybridized carbons (Fsp3) is 0. The van der Waals surface area contributed by atoms with E-state index < -0.39 is 0 Å². The Morgan fingerprint density at radius 1 is 1.08 bits per heavy atom. The maximum absolute atomic E-state index is 4.09. The molecule has 2 aromatic rings. The van der Waals surface area contributed by atoms with E-state index in [-0.39, 0.29) is 0 Å². The summed E-state index contributed by atoms with van der Waals surface area (Å²) in [5, 5.41) is 0. The summed E-state index contributed by atoms with van der Waals surface area (Å²) in [6, 6.07) is 10.1. The smallest absolute Gasteiger partial charge is 0.129 e. The molecule has 0 saturated heterocycles. The van der Waals surface area contributed by atoms with Crippen molar-refractivity contribution in [2.75, 3.05) is 0 Å². The predicted octanol–water partition coefficient (Wildman–Crippen LogP) is 2.58. The third-order valence-corrected chi connectivity index (χ3v) is 1.75. The number of nitrogens with zero attached hydrogens (tertiary/aromatic N) is 1. The van der Waals surface area contributed by atoms with Gasteiger partial charge in [0.25, 0.3) is 0 Å². The molecule has 0 amide bonds. The first-order chi connectivity index (χ1) is 6.45. The van der Waals surface area contributed by atoms with E-state index >= 15 is 0 Å². The van der Waals surface area contributed by atoms with Gasteiger partial charge < -0.3 is 4.98 Å². The van der Waals surface area contributed by atoms with Crippen molar-refractivity contribution in [3.05, 3.63) is 54.1 Å². The highest BCUT2D eigenvalue weighted by Gasteiger charge is 1.86. The molecule has 2 nitrogen and oxygen atoms in total. The van der Waals surface area contributed by atoms with Crippen molar-refractivity contribution in [2.24, 2.45) is 0 Å². The Hall–Kier alpha value is -1.83. The zero-order chi connectivity index (χ0) is 8.93. The van der Waals surface area contributed by atoms with Gasteiger partial charge in [-0.05, 0) is 11.6 Å². The van der Waals surface area contributed by atoms with Crippen LogP contribution in [0.15, 0.2) is 42.7 Å². The number of hydrogen-bond acceptors (Lipinski definition) is 1. The van der Waals surface area contributed by atoms with Gasteiger partial charge in [-0.3, -0.25) is 0 Å². The Morgan fingerprint density at radius 2 is 1.92 bits per heavy atom. The molecular formula is C11H10N2. The highest BCUT2D eigenvalue weighted by atomic mass is 14.9. The van der Waals surface area contributed by atoms with Crippen molar-refractivity contribution in [1.29, 1.82) is 0 Å². The van der Waals surface area contributed by atoms with E-state index in [9.17, 15) is 0 Å². The van der Waals surface area contributed by atoms with Gasteiger partial charge in [0, 0.05) is 12.4 Å². The largest absolute Gasteiger partial charge is 0.345 e. The van der Waals surface area contributed by atoms with Crippen LogP contribution in [0.1, 0.15) is 11.4 Å². The van der Waals surface area contributed by atoms with Gasteiger partial charge in [-0.1, -0.05) is 36.4 Å². The third-order valence-electron chi connectivity index (χ3n) is 1.75. The molecule has 0 spiro atoms. The van der Waals surface area contributed by atoms with Crippen LogP contribution in [0.5, 0.6) is 0 Å². The molecular weight excluding hydrogens is 160 g/mol. The first kappa shape index (κ1) is 7.80. The summed E-state index contributed by atoms with van der Waals surface area (Å²) in [6.45, 7) is 0. The minimum Gasteiger partial charge on any atom is -0.345 e. The lowest BCUT2D eigenvalue weighted by Crippen LogP contribution is -1.73. The molecule has 1 N–H and O–H groups in total. The van der Waals surface area contributed by atoms with Gasteiger partial charge in [0.2, 0.25) is 0 Å². The van der Waals surface area contributed by atoms with Crippen LogP contribution in [0, 0.1) is 0 Å². The molecule has 0 unspecified atom stereocenters. The fourth-order valence-electron chi connectivity index (χ4n) is 1.11. The van der Waals surface area contributed by atoms with Crippen molar-refractivity contribution in [2.45, 2.75) is 0 Å². The normalized spacial score (nSPS) is 10.8. The molecule has 0 atom stereocenters. The molecule has 1 aromatic carbocycles. The van der Waals surface area contributed by atoms with Crippen LogP contribution in [0.3, 0.4) is 0 Å². The van der Waals surface area contributed by atoms with Crippen molar-refractivity contribution >= 4 is 12.2 Å². The lowest BCUT2D eigenvalue weighted by Gasteiger charge is -1.89. The number of aromatic amines is 1. The average Bonchev–Trinajstić information content (AvgIpc) is 2.69. The molecule has 1 aromatic heterocycles. The third kappa shape index (κ3) is 2.06. The summed E-state index contributed by atoms with van der Waals surface area (Å²) in [7, 11) is 0. The van der Waals surface area contributed by atoms with E-state index in [1.807, 2.05) is 36.5 Å². The van der Waals surface area contributed by atoms with Gasteiger partial charge in [-0.15, -0.1) is 0 Å². The molecule has 2 rings (SSSR count). The second-order valence-electron chi connectivity index (χ2n) is 2.72. The number of imidazole rings is 1. The summed E-state index contributed by atoms with van der Waals surface area (Å²) in [5.74, 6) is 0.879. The van der Waals surface area contributed by atoms with Gasteiger partial charge in [0.1, 0.15) is 5.82 Å². The van der Waals surface area contributed by atoms with Crippen LogP contribution in [-0.2, 0) is 0 Å². The molecule has 0 aliphatic rings. The molecule has 2 heteroatoms. The summed E-state index contributed by atoms with van der Waals surface area (Å²) in [5.41, 5.74) is 1.18. The molecule has 0 aliphatic carbocycles. The second kappa shape index (κ2) is 3.72. The summed E-state index contributed by atoms with van der Waals surface area (Å²) < 4.78 is 0. The van der Waals surface area contributed by atoms with Crippen LogP contribution in [0.4, 0.5) is 0 Å². The van der Waals surface area contributed by atoms with Crippen molar-refractivity contribution in [3.63, 3.8) is 0 Å². The molecule has 0 saturated carbocycles. The van der Waals surface area contributed by atoms with Gasteiger partial charge in [0.15, 0.2) is 0 Å². The van der Waals surface area contributed by atoms with Crippen molar-refractivity contribution < 1.29 is 0 Å². The number of nitrogens with one attached hydrogen (secondary N) is 1. The van der Waals surface area contributed by atoms with E-state index in [2.05, 4.69) is 22.1 Å². The number of aromatic nitrogens is 2. The van der Waals surface area contributed by atoms with Crippen LogP contribution >= 0.6 is 0 Å². The number of H-pyrrole nitrogens is 1. The standard InChI is InChI=1S/C11H10N2/c1-2-4-10(5-3-1)6-7-11-12-8-9-13-11/h1-9H,(H,12,13)/b7-6+. The van der Waals surface area contributed by atoms with Gasteiger partial charge >= 0.3 is 0 Å². The Bertz CT molecular complexity index is 374. The van der Waals surface area contributed by atoms with E-state index in [4.69, 9.17) is 0 Å². The topological polar surface area (TPSA) is 28.7 Å². The quantitative estimate of drug-likeness (QED) is 0.737. The minimum absolute atomic E-state index is 0.879. The molecule has 0 bridgehead atoms. The SMILES string of the molecule is C(=C\c1ncc[nH]1)/c1ccccc1. The first-order valence-electron chi connectivity index (χ1n) is 4.18. The Balaban J connectivity index is 2.15. The molecule has 0 fully saturated rings. The van der Waals surface area contributed by atoms with Crippen LogP contribution in [-0.4, -0.2) is 9.97 Å². The molecule has 0 radical (unpaired) electrons.